The fraction of sp³-hybridized carbons (Fsp3) is 0.750. The second-order valence-electron chi connectivity index (χ2n) is 4.64. The largest absolute Gasteiger partial charge is 0.339 e. The van der Waals surface area contributed by atoms with E-state index in [-0.39, 0.29) is 11.9 Å². The van der Waals surface area contributed by atoms with Crippen molar-refractivity contribution >= 4 is 5.91 Å². The molecule has 0 aliphatic carbocycles. The van der Waals surface area contributed by atoms with Crippen LogP contribution in [0.25, 0.3) is 0 Å². The molecule has 0 bridgehead atoms. The minimum atomic E-state index is 0.00875. The molecule has 1 aliphatic heterocycles. The molecule has 0 saturated carbocycles. The first-order valence-electron chi connectivity index (χ1n) is 6.67. The first-order valence-corrected chi connectivity index (χ1v) is 6.67. The van der Waals surface area contributed by atoms with Gasteiger partial charge in [0.15, 0.2) is 0 Å². The Morgan fingerprint density at radius 2 is 2.39 bits per heavy atom. The van der Waals surface area contributed by atoms with Crippen molar-refractivity contribution in [3.05, 3.63) is 12.4 Å². The number of carbonyl (C=O) groups excluding carboxylic acids is 1. The lowest BCUT2D eigenvalue weighted by molar-refractivity contribution is -0.136. The molecule has 2 rings (SSSR count). The van der Waals surface area contributed by atoms with E-state index in [0.717, 1.165) is 32.4 Å². The first-order chi connectivity index (χ1) is 8.81. The average Bonchev–Trinajstić information content (AvgIpc) is 2.89. The lowest BCUT2D eigenvalue weighted by Crippen LogP contribution is -2.51. The molecule has 6 nitrogen and oxygen atoms in total. The van der Waals surface area contributed by atoms with E-state index in [0.29, 0.717) is 13.1 Å². The van der Waals surface area contributed by atoms with Crippen molar-refractivity contribution in [2.24, 2.45) is 0 Å². The number of hydrogen-bond acceptors (Lipinski definition) is 4. The summed E-state index contributed by atoms with van der Waals surface area (Å²) < 4.78 is 1.76. The monoisotopic (exact) mass is 251 g/mol. The quantitative estimate of drug-likeness (QED) is 0.788. The normalized spacial score (nSPS) is 20.4. The van der Waals surface area contributed by atoms with Crippen LogP contribution in [-0.2, 0) is 11.3 Å². The average molecular weight is 251 g/mol. The Morgan fingerprint density at radius 3 is 3.11 bits per heavy atom. The lowest BCUT2D eigenvalue weighted by Gasteiger charge is -2.32. The maximum atomic E-state index is 12.2. The highest BCUT2D eigenvalue weighted by atomic mass is 16.2. The highest BCUT2D eigenvalue weighted by Gasteiger charge is 2.27. The molecule has 1 aromatic heterocycles. The van der Waals surface area contributed by atoms with Gasteiger partial charge in [-0.25, -0.2) is 0 Å². The molecule has 6 heteroatoms. The SMILES string of the molecule is CCCNC1CCCN(CCn2ccnn2)C1=O. The van der Waals surface area contributed by atoms with Crippen molar-refractivity contribution in [3.63, 3.8) is 0 Å². The minimum absolute atomic E-state index is 0.00875. The highest BCUT2D eigenvalue weighted by molar-refractivity contribution is 5.82. The summed E-state index contributed by atoms with van der Waals surface area (Å²) in [4.78, 5) is 14.1. The third-order valence-corrected chi connectivity index (χ3v) is 3.24. The molecule has 1 saturated heterocycles. The Morgan fingerprint density at radius 1 is 1.50 bits per heavy atom. The van der Waals surface area contributed by atoms with Gasteiger partial charge in [0.2, 0.25) is 5.91 Å². The van der Waals surface area contributed by atoms with E-state index in [2.05, 4.69) is 22.6 Å². The second-order valence-corrected chi connectivity index (χ2v) is 4.64. The molecule has 0 spiro atoms. The van der Waals surface area contributed by atoms with Crippen molar-refractivity contribution in [2.75, 3.05) is 19.6 Å². The van der Waals surface area contributed by atoms with E-state index in [1.807, 2.05) is 11.1 Å². The smallest absolute Gasteiger partial charge is 0.239 e. The molecule has 1 N–H and O–H groups in total. The summed E-state index contributed by atoms with van der Waals surface area (Å²) >= 11 is 0. The van der Waals surface area contributed by atoms with Gasteiger partial charge >= 0.3 is 0 Å². The first kappa shape index (κ1) is 13.0. The van der Waals surface area contributed by atoms with Crippen molar-refractivity contribution < 1.29 is 4.79 Å². The van der Waals surface area contributed by atoms with E-state index in [9.17, 15) is 4.79 Å². The predicted molar refractivity (Wildman–Crippen MR) is 67.9 cm³/mol. The standard InChI is InChI=1S/C12H21N5O/c1-2-5-13-11-4-3-7-16(12(11)18)9-10-17-8-6-14-15-17/h6,8,11,13H,2-5,7,9-10H2,1H3. The summed E-state index contributed by atoms with van der Waals surface area (Å²) in [6.45, 7) is 5.31. The number of amides is 1. The molecular formula is C12H21N5O. The van der Waals surface area contributed by atoms with Gasteiger partial charge in [-0.15, -0.1) is 5.10 Å². The van der Waals surface area contributed by atoms with Crippen LogP contribution in [0.15, 0.2) is 12.4 Å². The number of carbonyl (C=O) groups is 1. The summed E-state index contributed by atoms with van der Waals surface area (Å²) in [5, 5.41) is 11.0. The van der Waals surface area contributed by atoms with Crippen LogP contribution >= 0.6 is 0 Å². The molecule has 1 atom stereocenters. The van der Waals surface area contributed by atoms with Crippen LogP contribution in [0, 0.1) is 0 Å². The van der Waals surface area contributed by atoms with Crippen LogP contribution in [0.5, 0.6) is 0 Å². The van der Waals surface area contributed by atoms with Gasteiger partial charge in [0.1, 0.15) is 0 Å². The third-order valence-electron chi connectivity index (χ3n) is 3.24. The molecule has 1 aliphatic rings. The van der Waals surface area contributed by atoms with Gasteiger partial charge < -0.3 is 10.2 Å². The van der Waals surface area contributed by atoms with Crippen LogP contribution in [0.4, 0.5) is 0 Å². The second kappa shape index (κ2) is 6.49. The zero-order chi connectivity index (χ0) is 12.8. The molecule has 1 aromatic rings. The molecule has 0 radical (unpaired) electrons. The van der Waals surface area contributed by atoms with Gasteiger partial charge in [0.25, 0.3) is 0 Å². The van der Waals surface area contributed by atoms with Gasteiger partial charge in [-0.2, -0.15) is 0 Å². The van der Waals surface area contributed by atoms with Crippen LogP contribution < -0.4 is 5.32 Å². The molecule has 1 amide bonds. The molecule has 18 heavy (non-hydrogen) atoms. The van der Waals surface area contributed by atoms with E-state index < -0.39 is 0 Å². The molecule has 100 valence electrons. The summed E-state index contributed by atoms with van der Waals surface area (Å²) in [5.74, 6) is 0.231. The topological polar surface area (TPSA) is 63.1 Å². The number of aromatic nitrogens is 3. The van der Waals surface area contributed by atoms with Crippen LogP contribution in [0.3, 0.4) is 0 Å². The lowest BCUT2D eigenvalue weighted by atomic mass is 10.0. The number of hydrogen-bond donors (Lipinski definition) is 1. The molecule has 1 unspecified atom stereocenters. The number of rotatable bonds is 6. The number of nitrogens with zero attached hydrogens (tertiary/aromatic N) is 4. The molecular weight excluding hydrogens is 230 g/mol. The number of nitrogens with one attached hydrogen (secondary N) is 1. The fourth-order valence-electron chi connectivity index (χ4n) is 2.25. The van der Waals surface area contributed by atoms with E-state index in [1.165, 1.54) is 0 Å². The van der Waals surface area contributed by atoms with Gasteiger partial charge in [-0.1, -0.05) is 12.1 Å². The summed E-state index contributed by atoms with van der Waals surface area (Å²) in [7, 11) is 0. The van der Waals surface area contributed by atoms with Crippen LogP contribution in [0.2, 0.25) is 0 Å². The zero-order valence-electron chi connectivity index (χ0n) is 10.9. The Kier molecular flexibility index (Phi) is 4.69. The van der Waals surface area contributed by atoms with Gasteiger partial charge in [0, 0.05) is 19.3 Å². The van der Waals surface area contributed by atoms with Gasteiger partial charge in [-0.05, 0) is 25.8 Å². The van der Waals surface area contributed by atoms with E-state index >= 15 is 0 Å². The fourth-order valence-corrected chi connectivity index (χ4v) is 2.25. The predicted octanol–water partition coefficient (Wildman–Crippen LogP) is 0.269. The van der Waals surface area contributed by atoms with Crippen molar-refractivity contribution in [1.29, 1.82) is 0 Å². The highest BCUT2D eigenvalue weighted by Crippen LogP contribution is 2.11. The third kappa shape index (κ3) is 3.29. The number of likely N-dealkylation sites (tertiary alicyclic amines) is 1. The van der Waals surface area contributed by atoms with Gasteiger partial charge in [0.05, 0.1) is 18.8 Å². The van der Waals surface area contributed by atoms with Crippen LogP contribution in [0.1, 0.15) is 26.2 Å². The Labute approximate surface area is 107 Å². The van der Waals surface area contributed by atoms with Gasteiger partial charge in [-0.3, -0.25) is 9.48 Å². The Bertz CT molecular complexity index is 365. The van der Waals surface area contributed by atoms with E-state index in [1.54, 1.807) is 10.9 Å². The zero-order valence-corrected chi connectivity index (χ0v) is 10.9. The Hall–Kier alpha value is -1.43. The van der Waals surface area contributed by atoms with Crippen molar-refractivity contribution in [2.45, 2.75) is 38.8 Å². The summed E-state index contributed by atoms with van der Waals surface area (Å²) in [6, 6.07) is 0.00875. The number of piperidine rings is 1. The Balaban J connectivity index is 1.82. The molecule has 2 heterocycles. The van der Waals surface area contributed by atoms with E-state index in [4.69, 9.17) is 0 Å². The maximum absolute atomic E-state index is 12.2. The maximum Gasteiger partial charge on any atom is 0.239 e. The summed E-state index contributed by atoms with van der Waals surface area (Å²) in [5.41, 5.74) is 0. The molecule has 0 aromatic carbocycles. The van der Waals surface area contributed by atoms with Crippen molar-refractivity contribution in [3.8, 4) is 0 Å². The van der Waals surface area contributed by atoms with Crippen molar-refractivity contribution in [1.82, 2.24) is 25.2 Å². The minimum Gasteiger partial charge on any atom is -0.339 e. The van der Waals surface area contributed by atoms with Crippen LogP contribution in [-0.4, -0.2) is 51.5 Å². The molecule has 1 fully saturated rings. The summed E-state index contributed by atoms with van der Waals surface area (Å²) in [6.07, 6.45) is 6.57.